The zero-order chi connectivity index (χ0) is 13.2. The van der Waals surface area contributed by atoms with Gasteiger partial charge in [-0.1, -0.05) is 31.5 Å². The number of rotatable bonds is 9. The van der Waals surface area contributed by atoms with E-state index < -0.39 is 0 Å². The SMILES string of the molecule is CC[C@@H](N)c1ccccc1OCCCCCCO. The molecule has 0 aliphatic heterocycles. The molecule has 0 unspecified atom stereocenters. The lowest BCUT2D eigenvalue weighted by molar-refractivity contribution is 0.272. The third kappa shape index (κ3) is 5.07. The summed E-state index contributed by atoms with van der Waals surface area (Å²) in [7, 11) is 0. The third-order valence-corrected chi connectivity index (χ3v) is 3.07. The molecule has 18 heavy (non-hydrogen) atoms. The van der Waals surface area contributed by atoms with Crippen LogP contribution in [0.1, 0.15) is 50.6 Å². The minimum absolute atomic E-state index is 0.0515. The highest BCUT2D eigenvalue weighted by atomic mass is 16.5. The number of aliphatic hydroxyl groups is 1. The molecule has 0 bridgehead atoms. The first-order valence-corrected chi connectivity index (χ1v) is 6.87. The topological polar surface area (TPSA) is 55.5 Å². The van der Waals surface area contributed by atoms with Crippen molar-refractivity contribution < 1.29 is 9.84 Å². The predicted octanol–water partition coefficient (Wildman–Crippen LogP) is 3.03. The fourth-order valence-electron chi connectivity index (χ4n) is 1.89. The highest BCUT2D eigenvalue weighted by Gasteiger charge is 2.09. The summed E-state index contributed by atoms with van der Waals surface area (Å²) in [4.78, 5) is 0. The molecule has 0 radical (unpaired) electrons. The lowest BCUT2D eigenvalue weighted by Crippen LogP contribution is -2.11. The summed E-state index contributed by atoms with van der Waals surface area (Å²) >= 11 is 0. The number of nitrogens with two attached hydrogens (primary N) is 1. The largest absolute Gasteiger partial charge is 0.493 e. The lowest BCUT2D eigenvalue weighted by atomic mass is 10.0. The van der Waals surface area contributed by atoms with Gasteiger partial charge in [0, 0.05) is 18.2 Å². The predicted molar refractivity (Wildman–Crippen MR) is 74.7 cm³/mol. The van der Waals surface area contributed by atoms with E-state index in [1.807, 2.05) is 24.3 Å². The van der Waals surface area contributed by atoms with Crippen LogP contribution in [0.25, 0.3) is 0 Å². The lowest BCUT2D eigenvalue weighted by Gasteiger charge is -2.15. The average molecular weight is 251 g/mol. The summed E-state index contributed by atoms with van der Waals surface area (Å²) in [5.41, 5.74) is 7.15. The van der Waals surface area contributed by atoms with Crippen LogP contribution in [-0.2, 0) is 0 Å². The van der Waals surface area contributed by atoms with Crippen LogP contribution >= 0.6 is 0 Å². The van der Waals surface area contributed by atoms with Crippen molar-refractivity contribution in [1.29, 1.82) is 0 Å². The number of para-hydroxylation sites is 1. The first kappa shape index (κ1) is 15.0. The first-order chi connectivity index (χ1) is 8.79. The van der Waals surface area contributed by atoms with Gasteiger partial charge >= 0.3 is 0 Å². The Morgan fingerprint density at radius 3 is 2.61 bits per heavy atom. The van der Waals surface area contributed by atoms with Crippen LogP contribution in [0.2, 0.25) is 0 Å². The molecule has 1 rings (SSSR count). The molecule has 0 aliphatic rings. The van der Waals surface area contributed by atoms with E-state index >= 15 is 0 Å². The molecule has 0 spiro atoms. The molecule has 0 heterocycles. The second-order valence-corrected chi connectivity index (χ2v) is 4.54. The minimum Gasteiger partial charge on any atom is -0.493 e. The Labute approximate surface area is 110 Å². The molecule has 1 aromatic rings. The summed E-state index contributed by atoms with van der Waals surface area (Å²) in [6.45, 7) is 3.09. The van der Waals surface area contributed by atoms with Crippen molar-refractivity contribution >= 4 is 0 Å². The van der Waals surface area contributed by atoms with Crippen LogP contribution in [0.4, 0.5) is 0 Å². The van der Waals surface area contributed by atoms with Crippen LogP contribution in [0, 0.1) is 0 Å². The maximum atomic E-state index is 8.68. The van der Waals surface area contributed by atoms with E-state index in [0.717, 1.165) is 50.0 Å². The molecule has 3 nitrogen and oxygen atoms in total. The quantitative estimate of drug-likeness (QED) is 0.663. The molecular formula is C15H25NO2. The van der Waals surface area contributed by atoms with E-state index in [2.05, 4.69) is 6.92 Å². The van der Waals surface area contributed by atoms with E-state index in [0.29, 0.717) is 0 Å². The fraction of sp³-hybridized carbons (Fsp3) is 0.600. The van der Waals surface area contributed by atoms with Crippen LogP contribution in [-0.4, -0.2) is 18.3 Å². The highest BCUT2D eigenvalue weighted by Crippen LogP contribution is 2.25. The molecule has 0 amide bonds. The van der Waals surface area contributed by atoms with Gasteiger partial charge in [0.2, 0.25) is 0 Å². The Hall–Kier alpha value is -1.06. The zero-order valence-electron chi connectivity index (χ0n) is 11.3. The molecule has 0 saturated carbocycles. The molecule has 0 saturated heterocycles. The Balaban J connectivity index is 2.37. The van der Waals surface area contributed by atoms with Gasteiger partial charge in [0.1, 0.15) is 5.75 Å². The van der Waals surface area contributed by atoms with E-state index in [4.69, 9.17) is 15.6 Å². The Kier molecular flexibility index (Phi) is 7.46. The van der Waals surface area contributed by atoms with Crippen molar-refractivity contribution in [2.45, 2.75) is 45.1 Å². The molecular weight excluding hydrogens is 226 g/mol. The molecule has 1 atom stereocenters. The summed E-state index contributed by atoms with van der Waals surface area (Å²) in [6.07, 6.45) is 4.99. The van der Waals surface area contributed by atoms with Gasteiger partial charge in [-0.3, -0.25) is 0 Å². The molecule has 0 fully saturated rings. The van der Waals surface area contributed by atoms with Gasteiger partial charge in [-0.25, -0.2) is 0 Å². The molecule has 3 N–H and O–H groups in total. The molecule has 0 aliphatic carbocycles. The number of ether oxygens (including phenoxy) is 1. The number of hydrogen-bond donors (Lipinski definition) is 2. The molecule has 0 aromatic heterocycles. The summed E-state index contributed by atoms with van der Waals surface area (Å²) in [5, 5.41) is 8.68. The Bertz CT molecular complexity index is 328. The zero-order valence-corrected chi connectivity index (χ0v) is 11.3. The van der Waals surface area contributed by atoms with E-state index in [9.17, 15) is 0 Å². The van der Waals surface area contributed by atoms with E-state index in [-0.39, 0.29) is 12.6 Å². The van der Waals surface area contributed by atoms with Crippen molar-refractivity contribution in [2.24, 2.45) is 5.73 Å². The van der Waals surface area contributed by atoms with Gasteiger partial charge < -0.3 is 15.6 Å². The second-order valence-electron chi connectivity index (χ2n) is 4.54. The fourth-order valence-corrected chi connectivity index (χ4v) is 1.89. The van der Waals surface area contributed by atoms with E-state index in [1.165, 1.54) is 0 Å². The van der Waals surface area contributed by atoms with Crippen molar-refractivity contribution in [3.8, 4) is 5.75 Å². The van der Waals surface area contributed by atoms with Gasteiger partial charge in [0.25, 0.3) is 0 Å². The first-order valence-electron chi connectivity index (χ1n) is 6.87. The molecule has 102 valence electrons. The van der Waals surface area contributed by atoms with Crippen molar-refractivity contribution in [3.63, 3.8) is 0 Å². The number of unbranched alkanes of at least 4 members (excludes halogenated alkanes) is 3. The van der Waals surface area contributed by atoms with Crippen molar-refractivity contribution in [1.82, 2.24) is 0 Å². The van der Waals surface area contributed by atoms with Gasteiger partial charge in [-0.2, -0.15) is 0 Å². The van der Waals surface area contributed by atoms with Crippen LogP contribution in [0.3, 0.4) is 0 Å². The minimum atomic E-state index is 0.0515. The average Bonchev–Trinajstić information content (AvgIpc) is 2.42. The number of hydrogen-bond acceptors (Lipinski definition) is 3. The Morgan fingerprint density at radius 1 is 1.17 bits per heavy atom. The maximum absolute atomic E-state index is 8.68. The van der Waals surface area contributed by atoms with E-state index in [1.54, 1.807) is 0 Å². The number of benzene rings is 1. The summed E-state index contributed by atoms with van der Waals surface area (Å²) in [5.74, 6) is 0.911. The van der Waals surface area contributed by atoms with Gasteiger partial charge in [-0.15, -0.1) is 0 Å². The molecule has 1 aromatic carbocycles. The summed E-state index contributed by atoms with van der Waals surface area (Å²) < 4.78 is 5.80. The Morgan fingerprint density at radius 2 is 1.89 bits per heavy atom. The smallest absolute Gasteiger partial charge is 0.124 e. The normalized spacial score (nSPS) is 12.4. The van der Waals surface area contributed by atoms with Crippen LogP contribution < -0.4 is 10.5 Å². The van der Waals surface area contributed by atoms with Gasteiger partial charge in [-0.05, 0) is 31.7 Å². The summed E-state index contributed by atoms with van der Waals surface area (Å²) in [6, 6.07) is 8.05. The highest BCUT2D eigenvalue weighted by molar-refractivity contribution is 5.35. The van der Waals surface area contributed by atoms with Gasteiger partial charge in [0.05, 0.1) is 6.61 Å². The van der Waals surface area contributed by atoms with Gasteiger partial charge in [0.15, 0.2) is 0 Å². The van der Waals surface area contributed by atoms with Crippen LogP contribution in [0.5, 0.6) is 5.75 Å². The monoisotopic (exact) mass is 251 g/mol. The second kappa shape index (κ2) is 8.95. The van der Waals surface area contributed by atoms with Crippen LogP contribution in [0.15, 0.2) is 24.3 Å². The number of aliphatic hydroxyl groups excluding tert-OH is 1. The standard InChI is InChI=1S/C15H25NO2/c1-2-14(16)13-9-5-6-10-15(13)18-12-8-4-3-7-11-17/h5-6,9-10,14,17H,2-4,7-8,11-12,16H2,1H3/t14-/m1/s1. The van der Waals surface area contributed by atoms with Crippen molar-refractivity contribution in [2.75, 3.05) is 13.2 Å². The van der Waals surface area contributed by atoms with Crippen molar-refractivity contribution in [3.05, 3.63) is 29.8 Å². The third-order valence-electron chi connectivity index (χ3n) is 3.07. The maximum Gasteiger partial charge on any atom is 0.124 e. The molecule has 3 heteroatoms.